The summed E-state index contributed by atoms with van der Waals surface area (Å²) in [6, 6.07) is 3.45. The van der Waals surface area contributed by atoms with Crippen molar-refractivity contribution < 1.29 is 9.53 Å². The fourth-order valence-corrected chi connectivity index (χ4v) is 3.34. The quantitative estimate of drug-likeness (QED) is 0.779. The van der Waals surface area contributed by atoms with Crippen molar-refractivity contribution in [1.82, 2.24) is 10.3 Å². The number of nitrogens with zero attached hydrogens (tertiary/aromatic N) is 1. The highest BCUT2D eigenvalue weighted by Crippen LogP contribution is 2.25. The average molecular weight is 340 g/mol. The lowest BCUT2D eigenvalue weighted by Crippen LogP contribution is -2.44. The van der Waals surface area contributed by atoms with Gasteiger partial charge in [-0.3, -0.25) is 4.79 Å². The van der Waals surface area contributed by atoms with Gasteiger partial charge in [0.05, 0.1) is 6.10 Å². The summed E-state index contributed by atoms with van der Waals surface area (Å²) in [5.41, 5.74) is 0.528. The number of hydrogen-bond acceptors (Lipinski definition) is 4. The number of carbonyl (C=O) groups excluding carboxylic acids is 1. The van der Waals surface area contributed by atoms with Crippen molar-refractivity contribution in [3.63, 3.8) is 0 Å². The van der Waals surface area contributed by atoms with Crippen LogP contribution in [0.15, 0.2) is 12.1 Å². The molecule has 2 N–H and O–H groups in total. The third-order valence-corrected chi connectivity index (χ3v) is 4.73. The molecule has 1 fully saturated rings. The van der Waals surface area contributed by atoms with Gasteiger partial charge in [-0.05, 0) is 30.9 Å². The lowest BCUT2D eigenvalue weighted by Gasteiger charge is -2.34. The number of nitrogens with one attached hydrogen (secondary N) is 2. The topological polar surface area (TPSA) is 63.2 Å². The molecule has 1 aromatic rings. The molecule has 0 unspecified atom stereocenters. The Labute approximate surface area is 143 Å². The van der Waals surface area contributed by atoms with E-state index in [0.717, 1.165) is 25.7 Å². The van der Waals surface area contributed by atoms with E-state index in [-0.39, 0.29) is 18.1 Å². The molecule has 2 heterocycles. The van der Waals surface area contributed by atoms with Gasteiger partial charge in [-0.1, -0.05) is 38.3 Å². The summed E-state index contributed by atoms with van der Waals surface area (Å²) in [6.45, 7) is 5.08. The zero-order chi connectivity index (χ0) is 16.8. The van der Waals surface area contributed by atoms with E-state index < -0.39 is 0 Å². The van der Waals surface area contributed by atoms with Gasteiger partial charge in [0.2, 0.25) is 0 Å². The summed E-state index contributed by atoms with van der Waals surface area (Å²) in [5.74, 6) is 1.03. The summed E-state index contributed by atoms with van der Waals surface area (Å²) < 4.78 is 5.90. The first kappa shape index (κ1) is 18.0. The van der Waals surface area contributed by atoms with Crippen molar-refractivity contribution in [3.8, 4) is 0 Å². The smallest absolute Gasteiger partial charge is 0.251 e. The van der Waals surface area contributed by atoms with Crippen molar-refractivity contribution >= 4 is 23.3 Å². The zero-order valence-electron chi connectivity index (χ0n) is 14.1. The number of aromatic nitrogens is 1. The fourth-order valence-electron chi connectivity index (χ4n) is 3.13. The van der Waals surface area contributed by atoms with E-state index >= 15 is 0 Å². The Morgan fingerprint density at radius 3 is 2.83 bits per heavy atom. The van der Waals surface area contributed by atoms with E-state index in [0.29, 0.717) is 29.1 Å². The van der Waals surface area contributed by atoms with Crippen LogP contribution in [0.25, 0.3) is 0 Å². The van der Waals surface area contributed by atoms with Crippen LogP contribution >= 0.6 is 11.6 Å². The van der Waals surface area contributed by atoms with Gasteiger partial charge in [-0.15, -0.1) is 0 Å². The van der Waals surface area contributed by atoms with Gasteiger partial charge in [0, 0.05) is 25.3 Å². The number of halogens is 1. The molecule has 1 aromatic heterocycles. The van der Waals surface area contributed by atoms with E-state index in [1.54, 1.807) is 19.2 Å². The highest BCUT2D eigenvalue weighted by Gasteiger charge is 2.28. The van der Waals surface area contributed by atoms with Gasteiger partial charge in [-0.25, -0.2) is 4.98 Å². The van der Waals surface area contributed by atoms with Gasteiger partial charge in [-0.2, -0.15) is 0 Å². The van der Waals surface area contributed by atoms with Gasteiger partial charge in [0.15, 0.2) is 0 Å². The zero-order valence-corrected chi connectivity index (χ0v) is 14.8. The van der Waals surface area contributed by atoms with Crippen molar-refractivity contribution in [2.45, 2.75) is 51.7 Å². The van der Waals surface area contributed by atoms with Gasteiger partial charge >= 0.3 is 0 Å². The van der Waals surface area contributed by atoms with Crippen molar-refractivity contribution in [3.05, 3.63) is 22.8 Å². The molecule has 23 heavy (non-hydrogen) atoms. The minimum absolute atomic E-state index is 0.110. The maximum atomic E-state index is 12.5. The van der Waals surface area contributed by atoms with Gasteiger partial charge < -0.3 is 15.4 Å². The van der Waals surface area contributed by atoms with Crippen LogP contribution in [0.3, 0.4) is 0 Å². The van der Waals surface area contributed by atoms with E-state index in [2.05, 4.69) is 29.5 Å². The molecule has 1 saturated heterocycles. The molecule has 6 heteroatoms. The second-order valence-corrected chi connectivity index (χ2v) is 6.38. The highest BCUT2D eigenvalue weighted by atomic mass is 35.5. The molecule has 1 aliphatic heterocycles. The van der Waals surface area contributed by atoms with Crippen molar-refractivity contribution in [1.29, 1.82) is 0 Å². The first-order valence-electron chi connectivity index (χ1n) is 8.35. The Morgan fingerprint density at radius 2 is 2.17 bits per heavy atom. The van der Waals surface area contributed by atoms with Crippen LogP contribution in [-0.2, 0) is 4.74 Å². The van der Waals surface area contributed by atoms with Crippen LogP contribution in [0.4, 0.5) is 5.82 Å². The lowest BCUT2D eigenvalue weighted by atomic mass is 9.89. The predicted octanol–water partition coefficient (Wildman–Crippen LogP) is 3.49. The Balaban J connectivity index is 2.01. The largest absolute Gasteiger partial charge is 0.378 e. The minimum Gasteiger partial charge on any atom is -0.378 e. The number of carbonyl (C=O) groups is 1. The maximum absolute atomic E-state index is 12.5. The first-order valence-corrected chi connectivity index (χ1v) is 8.72. The Kier molecular flexibility index (Phi) is 6.66. The molecule has 0 radical (unpaired) electrons. The normalized spacial score (nSPS) is 21.3. The number of hydrogen-bond donors (Lipinski definition) is 2. The van der Waals surface area contributed by atoms with E-state index in [9.17, 15) is 4.79 Å². The number of anilines is 1. The van der Waals surface area contributed by atoms with Crippen LogP contribution in [0.1, 0.15) is 49.9 Å². The number of pyridine rings is 1. The number of ether oxygens (including phenoxy) is 1. The van der Waals surface area contributed by atoms with Crippen LogP contribution in [0.2, 0.25) is 5.15 Å². The fraction of sp³-hybridized carbons (Fsp3) is 0.647. The van der Waals surface area contributed by atoms with Crippen molar-refractivity contribution in [2.24, 2.45) is 5.92 Å². The summed E-state index contributed by atoms with van der Waals surface area (Å²) in [7, 11) is 1.75. The highest BCUT2D eigenvalue weighted by molar-refractivity contribution is 6.29. The molecule has 5 nitrogen and oxygen atoms in total. The van der Waals surface area contributed by atoms with Crippen LogP contribution in [0, 0.1) is 5.92 Å². The summed E-state index contributed by atoms with van der Waals surface area (Å²) in [4.78, 5) is 16.6. The van der Waals surface area contributed by atoms with E-state index in [1.165, 1.54) is 0 Å². The summed E-state index contributed by atoms with van der Waals surface area (Å²) >= 11 is 5.97. The van der Waals surface area contributed by atoms with E-state index in [1.807, 2.05) is 0 Å². The van der Waals surface area contributed by atoms with Crippen LogP contribution in [0.5, 0.6) is 0 Å². The molecule has 1 amide bonds. The Bertz CT molecular complexity index is 535. The van der Waals surface area contributed by atoms with Crippen LogP contribution in [-0.4, -0.2) is 36.7 Å². The molecular weight excluding hydrogens is 314 g/mol. The third-order valence-electron chi connectivity index (χ3n) is 4.54. The molecule has 2 atom stereocenters. The predicted molar refractivity (Wildman–Crippen MR) is 93.1 cm³/mol. The standard InChI is InChI=1S/C17H26ClN3O2/c1-4-11(5-2)14-10-13(6-7-23-14)20-17(22)12-8-15(18)21-16(9-12)19-3/h8-9,11,13-14H,4-7,10H2,1-3H3,(H,19,21)(H,20,22)/t13-,14+/m1/s1. The SMILES string of the molecule is CCC(CC)[C@@H]1C[C@H](NC(=O)c2cc(Cl)nc(NC)c2)CCO1. The second kappa shape index (κ2) is 8.50. The molecule has 1 aliphatic rings. The molecule has 128 valence electrons. The molecule has 0 spiro atoms. The number of amides is 1. The second-order valence-electron chi connectivity index (χ2n) is 5.99. The molecule has 0 aromatic carbocycles. The van der Waals surface area contributed by atoms with Crippen molar-refractivity contribution in [2.75, 3.05) is 19.0 Å². The summed E-state index contributed by atoms with van der Waals surface area (Å²) in [6.07, 6.45) is 4.16. The van der Waals surface area contributed by atoms with Gasteiger partial charge in [0.25, 0.3) is 5.91 Å². The van der Waals surface area contributed by atoms with E-state index in [4.69, 9.17) is 16.3 Å². The monoisotopic (exact) mass is 339 g/mol. The minimum atomic E-state index is -0.110. The molecular formula is C17H26ClN3O2. The Morgan fingerprint density at radius 1 is 1.43 bits per heavy atom. The molecule has 0 bridgehead atoms. The molecule has 0 aliphatic carbocycles. The number of rotatable bonds is 6. The maximum Gasteiger partial charge on any atom is 0.251 e. The van der Waals surface area contributed by atoms with Gasteiger partial charge in [0.1, 0.15) is 11.0 Å². The average Bonchev–Trinajstić information content (AvgIpc) is 2.55. The Hall–Kier alpha value is -1.33. The first-order chi connectivity index (χ1) is 11.1. The third kappa shape index (κ3) is 4.82. The van der Waals surface area contributed by atoms with Crippen LogP contribution < -0.4 is 10.6 Å². The molecule has 0 saturated carbocycles. The lowest BCUT2D eigenvalue weighted by molar-refractivity contribution is -0.0337. The summed E-state index contributed by atoms with van der Waals surface area (Å²) in [5, 5.41) is 6.33. The molecule has 2 rings (SSSR count).